The number of nitrogens with zero attached hydrogens (tertiary/aromatic N) is 1. The Morgan fingerprint density at radius 3 is 1.52 bits per heavy atom. The lowest BCUT2D eigenvalue weighted by Crippen LogP contribution is -2.38. The average molecular weight is 436 g/mol. The third-order valence-corrected chi connectivity index (χ3v) is 7.84. The second-order valence-corrected chi connectivity index (χ2v) is 10.8. The second-order valence-electron chi connectivity index (χ2n) is 10.8. The van der Waals surface area contributed by atoms with Crippen LogP contribution in [0.15, 0.2) is 0 Å². The van der Waals surface area contributed by atoms with Gasteiger partial charge in [-0.1, -0.05) is 143 Å². The second kappa shape index (κ2) is 21.8. The predicted octanol–water partition coefficient (Wildman–Crippen LogP) is 10.3. The quantitative estimate of drug-likeness (QED) is 0.153. The van der Waals surface area contributed by atoms with Crippen molar-refractivity contribution in [1.29, 1.82) is 0 Å². The van der Waals surface area contributed by atoms with Gasteiger partial charge in [0.15, 0.2) is 0 Å². The van der Waals surface area contributed by atoms with Crippen LogP contribution in [0.1, 0.15) is 168 Å². The SMILES string of the molecule is CCCCN(CCCCCCCCCCCCCC(CCC)CCC)C1CCCCC1. The molecule has 0 aromatic heterocycles. The topological polar surface area (TPSA) is 3.24 Å². The van der Waals surface area contributed by atoms with E-state index in [9.17, 15) is 0 Å². The van der Waals surface area contributed by atoms with E-state index in [0.717, 1.165) is 12.0 Å². The van der Waals surface area contributed by atoms with E-state index in [2.05, 4.69) is 25.7 Å². The maximum Gasteiger partial charge on any atom is 0.00952 e. The predicted molar refractivity (Wildman–Crippen MR) is 142 cm³/mol. The zero-order chi connectivity index (χ0) is 22.4. The molecule has 0 unspecified atom stereocenters. The molecule has 0 bridgehead atoms. The van der Waals surface area contributed by atoms with Crippen LogP contribution in [-0.4, -0.2) is 24.0 Å². The molecule has 1 aliphatic carbocycles. The summed E-state index contributed by atoms with van der Waals surface area (Å²) < 4.78 is 0. The fraction of sp³-hybridized carbons (Fsp3) is 1.00. The van der Waals surface area contributed by atoms with Gasteiger partial charge < -0.3 is 4.90 Å². The molecule has 0 spiro atoms. The molecular weight excluding hydrogens is 374 g/mol. The standard InChI is InChI=1S/C30H61N/c1-4-7-27-31(30-25-19-17-20-26-30)28-21-16-14-12-10-8-9-11-13-15-18-24-29(22-5-2)23-6-3/h29-30H,4-28H2,1-3H3. The van der Waals surface area contributed by atoms with Crippen LogP contribution in [0, 0.1) is 5.92 Å². The molecule has 0 amide bonds. The lowest BCUT2D eigenvalue weighted by atomic mass is 9.92. The van der Waals surface area contributed by atoms with Crippen molar-refractivity contribution in [3.63, 3.8) is 0 Å². The highest BCUT2D eigenvalue weighted by molar-refractivity contribution is 4.76. The Bertz CT molecular complexity index is 340. The van der Waals surface area contributed by atoms with E-state index < -0.39 is 0 Å². The van der Waals surface area contributed by atoms with Crippen LogP contribution in [0.25, 0.3) is 0 Å². The first-order chi connectivity index (χ1) is 15.3. The van der Waals surface area contributed by atoms with E-state index in [1.165, 1.54) is 161 Å². The first-order valence-electron chi connectivity index (χ1n) is 15.1. The molecule has 1 fully saturated rings. The van der Waals surface area contributed by atoms with Gasteiger partial charge in [0, 0.05) is 6.04 Å². The number of hydrogen-bond donors (Lipinski definition) is 0. The number of hydrogen-bond acceptors (Lipinski definition) is 1. The highest BCUT2D eigenvalue weighted by atomic mass is 15.1. The minimum absolute atomic E-state index is 0.921. The third-order valence-electron chi connectivity index (χ3n) is 7.84. The summed E-state index contributed by atoms with van der Waals surface area (Å²) in [5.74, 6) is 1.02. The Kier molecular flexibility index (Phi) is 20.4. The van der Waals surface area contributed by atoms with Gasteiger partial charge in [-0.15, -0.1) is 0 Å². The summed E-state index contributed by atoms with van der Waals surface area (Å²) in [6.45, 7) is 9.78. The Morgan fingerprint density at radius 1 is 0.516 bits per heavy atom. The van der Waals surface area contributed by atoms with Crippen LogP contribution in [0.3, 0.4) is 0 Å². The molecule has 0 heterocycles. The summed E-state index contributed by atoms with van der Waals surface area (Å²) in [5, 5.41) is 0. The van der Waals surface area contributed by atoms with E-state index in [1.807, 2.05) is 0 Å². The van der Waals surface area contributed by atoms with Crippen molar-refractivity contribution >= 4 is 0 Å². The van der Waals surface area contributed by atoms with Gasteiger partial charge >= 0.3 is 0 Å². The van der Waals surface area contributed by atoms with Crippen molar-refractivity contribution < 1.29 is 0 Å². The largest absolute Gasteiger partial charge is 0.300 e. The number of rotatable bonds is 22. The summed E-state index contributed by atoms with van der Waals surface area (Å²) >= 11 is 0. The van der Waals surface area contributed by atoms with Crippen LogP contribution in [0.5, 0.6) is 0 Å². The zero-order valence-corrected chi connectivity index (χ0v) is 22.3. The van der Waals surface area contributed by atoms with Gasteiger partial charge in [-0.2, -0.15) is 0 Å². The Hall–Kier alpha value is -0.0400. The van der Waals surface area contributed by atoms with Crippen LogP contribution in [0.2, 0.25) is 0 Å². The molecule has 0 radical (unpaired) electrons. The highest BCUT2D eigenvalue weighted by Crippen LogP contribution is 2.24. The third kappa shape index (κ3) is 16.3. The Balaban J connectivity index is 1.90. The molecule has 0 N–H and O–H groups in total. The smallest absolute Gasteiger partial charge is 0.00952 e. The molecule has 0 aromatic rings. The molecule has 1 nitrogen and oxygen atoms in total. The maximum absolute atomic E-state index is 2.87. The summed E-state index contributed by atoms with van der Waals surface area (Å²) in [4.78, 5) is 2.87. The molecule has 1 aliphatic rings. The summed E-state index contributed by atoms with van der Waals surface area (Å²) in [6.07, 6.45) is 33.6. The lowest BCUT2D eigenvalue weighted by molar-refractivity contribution is 0.150. The normalized spacial score (nSPS) is 15.4. The molecule has 1 rings (SSSR count). The van der Waals surface area contributed by atoms with Crippen LogP contribution in [-0.2, 0) is 0 Å². The molecule has 0 saturated heterocycles. The molecular formula is C30H61N. The van der Waals surface area contributed by atoms with E-state index in [1.54, 1.807) is 0 Å². The van der Waals surface area contributed by atoms with Crippen molar-refractivity contribution in [3.8, 4) is 0 Å². The van der Waals surface area contributed by atoms with Crippen molar-refractivity contribution in [2.24, 2.45) is 5.92 Å². The monoisotopic (exact) mass is 435 g/mol. The highest BCUT2D eigenvalue weighted by Gasteiger charge is 2.19. The van der Waals surface area contributed by atoms with Crippen molar-refractivity contribution in [3.05, 3.63) is 0 Å². The van der Waals surface area contributed by atoms with E-state index in [4.69, 9.17) is 0 Å². The van der Waals surface area contributed by atoms with Crippen molar-refractivity contribution in [1.82, 2.24) is 4.90 Å². The van der Waals surface area contributed by atoms with Crippen LogP contribution >= 0.6 is 0 Å². The van der Waals surface area contributed by atoms with Gasteiger partial charge in [-0.05, 0) is 44.7 Å². The van der Waals surface area contributed by atoms with Gasteiger partial charge in [0.2, 0.25) is 0 Å². The van der Waals surface area contributed by atoms with Crippen molar-refractivity contribution in [2.75, 3.05) is 13.1 Å². The molecule has 31 heavy (non-hydrogen) atoms. The Labute approximate surface area is 198 Å². The van der Waals surface area contributed by atoms with E-state index in [-0.39, 0.29) is 0 Å². The van der Waals surface area contributed by atoms with Crippen LogP contribution in [0.4, 0.5) is 0 Å². The fourth-order valence-corrected chi connectivity index (χ4v) is 5.87. The van der Waals surface area contributed by atoms with E-state index >= 15 is 0 Å². The van der Waals surface area contributed by atoms with Crippen molar-refractivity contribution in [2.45, 2.75) is 174 Å². The van der Waals surface area contributed by atoms with Gasteiger partial charge in [0.25, 0.3) is 0 Å². The van der Waals surface area contributed by atoms with Gasteiger partial charge in [0.05, 0.1) is 0 Å². The minimum atomic E-state index is 0.921. The Morgan fingerprint density at radius 2 is 1.00 bits per heavy atom. The number of unbranched alkanes of at least 4 members (excludes halogenated alkanes) is 11. The maximum atomic E-state index is 2.87. The lowest BCUT2D eigenvalue weighted by Gasteiger charge is -2.34. The summed E-state index contributed by atoms with van der Waals surface area (Å²) in [5.41, 5.74) is 0. The van der Waals surface area contributed by atoms with Crippen LogP contribution < -0.4 is 0 Å². The molecule has 0 aromatic carbocycles. The van der Waals surface area contributed by atoms with E-state index in [0.29, 0.717) is 0 Å². The zero-order valence-electron chi connectivity index (χ0n) is 22.3. The molecule has 186 valence electrons. The first-order valence-corrected chi connectivity index (χ1v) is 15.1. The van der Waals surface area contributed by atoms with Gasteiger partial charge in [-0.3, -0.25) is 0 Å². The molecule has 1 heteroatoms. The molecule has 1 saturated carbocycles. The minimum Gasteiger partial charge on any atom is -0.300 e. The molecule has 0 aliphatic heterocycles. The first kappa shape index (κ1) is 29.0. The average Bonchev–Trinajstić information content (AvgIpc) is 2.79. The fourth-order valence-electron chi connectivity index (χ4n) is 5.87. The van der Waals surface area contributed by atoms with Gasteiger partial charge in [-0.25, -0.2) is 0 Å². The molecule has 0 atom stereocenters. The van der Waals surface area contributed by atoms with Gasteiger partial charge in [0.1, 0.15) is 0 Å². The summed E-state index contributed by atoms with van der Waals surface area (Å²) in [7, 11) is 0. The summed E-state index contributed by atoms with van der Waals surface area (Å²) in [6, 6.07) is 0.921.